The first-order chi connectivity index (χ1) is 12.2. The zero-order valence-corrected chi connectivity index (χ0v) is 15.7. The third-order valence-electron chi connectivity index (χ3n) is 4.99. The maximum Gasteiger partial charge on any atom is 0.293 e. The van der Waals surface area contributed by atoms with Crippen LogP contribution in [0.25, 0.3) is 5.69 Å². The van der Waals surface area contributed by atoms with Gasteiger partial charge < -0.3 is 10.6 Å². The van der Waals surface area contributed by atoms with E-state index in [9.17, 15) is 9.18 Å². The van der Waals surface area contributed by atoms with Crippen LogP contribution in [0.15, 0.2) is 24.3 Å². The second-order valence-corrected chi connectivity index (χ2v) is 7.95. The van der Waals surface area contributed by atoms with Crippen molar-refractivity contribution in [1.82, 2.24) is 19.7 Å². The smallest absolute Gasteiger partial charge is 0.293 e. The van der Waals surface area contributed by atoms with Crippen molar-refractivity contribution >= 4 is 5.91 Å². The number of hydrogen-bond acceptors (Lipinski definition) is 4. The Kier molecular flexibility index (Phi) is 4.84. The fourth-order valence-corrected chi connectivity index (χ4v) is 3.27. The summed E-state index contributed by atoms with van der Waals surface area (Å²) in [6, 6.07) is 6.20. The average molecular weight is 359 g/mol. The summed E-state index contributed by atoms with van der Waals surface area (Å²) in [5.41, 5.74) is 6.57. The van der Waals surface area contributed by atoms with Crippen molar-refractivity contribution in [2.75, 3.05) is 13.1 Å². The van der Waals surface area contributed by atoms with Crippen LogP contribution in [0.2, 0.25) is 0 Å². The molecule has 1 aliphatic rings. The molecule has 0 spiro atoms. The molecular formula is C19H26FN5O. The Hall–Kier alpha value is -2.28. The molecule has 0 saturated carbocycles. The number of amides is 1. The highest BCUT2D eigenvalue weighted by molar-refractivity contribution is 5.90. The van der Waals surface area contributed by atoms with Crippen LogP contribution in [0.1, 0.15) is 56.5 Å². The molecule has 2 heterocycles. The molecule has 1 fully saturated rings. The van der Waals surface area contributed by atoms with Crippen LogP contribution < -0.4 is 5.73 Å². The van der Waals surface area contributed by atoms with Gasteiger partial charge in [0.1, 0.15) is 11.6 Å². The molecule has 6 nitrogen and oxygen atoms in total. The monoisotopic (exact) mass is 359 g/mol. The van der Waals surface area contributed by atoms with Crippen molar-refractivity contribution in [3.8, 4) is 5.69 Å². The average Bonchev–Trinajstić information content (AvgIpc) is 3.02. The molecule has 1 aromatic carbocycles. The van der Waals surface area contributed by atoms with Gasteiger partial charge in [-0.05, 0) is 30.0 Å². The zero-order valence-electron chi connectivity index (χ0n) is 15.7. The number of carbonyl (C=O) groups excluding carboxylic acids is 1. The van der Waals surface area contributed by atoms with E-state index in [2.05, 4.69) is 23.9 Å². The van der Waals surface area contributed by atoms with Gasteiger partial charge in [-0.25, -0.2) is 14.1 Å². The van der Waals surface area contributed by atoms with Crippen LogP contribution in [0.4, 0.5) is 4.39 Å². The fourth-order valence-electron chi connectivity index (χ4n) is 3.27. The minimum absolute atomic E-state index is 0.0403. The predicted molar refractivity (Wildman–Crippen MR) is 97.7 cm³/mol. The standard InChI is InChI=1S/C19H26FN5O/c1-12(2)17-22-16(23-25(17)14-7-5-6-13(20)10-14)18(26)24-9-8-15(21)19(3,4)11-24/h5-7,10,12,15H,8-9,11,21H2,1-4H3. The fraction of sp³-hybridized carbons (Fsp3) is 0.526. The van der Waals surface area contributed by atoms with Gasteiger partial charge in [0.2, 0.25) is 5.82 Å². The Labute approximate surface area is 153 Å². The van der Waals surface area contributed by atoms with Gasteiger partial charge in [0.15, 0.2) is 0 Å². The molecule has 7 heteroatoms. The maximum absolute atomic E-state index is 13.6. The molecule has 1 aromatic heterocycles. The van der Waals surface area contributed by atoms with E-state index in [0.717, 1.165) is 6.42 Å². The quantitative estimate of drug-likeness (QED) is 0.914. The lowest BCUT2D eigenvalue weighted by atomic mass is 9.79. The van der Waals surface area contributed by atoms with E-state index in [-0.39, 0.29) is 34.9 Å². The summed E-state index contributed by atoms with van der Waals surface area (Å²) in [4.78, 5) is 19.2. The van der Waals surface area contributed by atoms with Crippen molar-refractivity contribution < 1.29 is 9.18 Å². The van der Waals surface area contributed by atoms with Gasteiger partial charge >= 0.3 is 0 Å². The van der Waals surface area contributed by atoms with Gasteiger partial charge in [0.05, 0.1) is 5.69 Å². The summed E-state index contributed by atoms with van der Waals surface area (Å²) in [5, 5.41) is 4.40. The van der Waals surface area contributed by atoms with Crippen molar-refractivity contribution in [3.63, 3.8) is 0 Å². The number of piperidine rings is 1. The van der Waals surface area contributed by atoms with Gasteiger partial charge in [0.25, 0.3) is 5.91 Å². The van der Waals surface area contributed by atoms with E-state index in [0.29, 0.717) is 24.6 Å². The number of nitrogens with two attached hydrogens (primary N) is 1. The SMILES string of the molecule is CC(C)c1nc(C(=O)N2CCC(N)C(C)(C)C2)nn1-c1cccc(F)c1. The van der Waals surface area contributed by atoms with Crippen molar-refractivity contribution in [3.05, 3.63) is 41.7 Å². The van der Waals surface area contributed by atoms with Gasteiger partial charge in [0, 0.05) is 25.0 Å². The second-order valence-electron chi connectivity index (χ2n) is 7.95. The van der Waals surface area contributed by atoms with Crippen LogP contribution >= 0.6 is 0 Å². The zero-order chi connectivity index (χ0) is 19.1. The molecule has 2 N–H and O–H groups in total. The molecular weight excluding hydrogens is 333 g/mol. The number of carbonyl (C=O) groups is 1. The number of likely N-dealkylation sites (tertiary alicyclic amines) is 1. The molecule has 0 radical (unpaired) electrons. The summed E-state index contributed by atoms with van der Waals surface area (Å²) in [6.45, 7) is 9.23. The predicted octanol–water partition coefficient (Wildman–Crippen LogP) is 2.73. The Morgan fingerprint density at radius 2 is 2.12 bits per heavy atom. The summed E-state index contributed by atoms with van der Waals surface area (Å²) in [7, 11) is 0. The Balaban J connectivity index is 1.94. The van der Waals surface area contributed by atoms with Crippen LogP contribution in [0.3, 0.4) is 0 Å². The highest BCUT2D eigenvalue weighted by Crippen LogP contribution is 2.28. The maximum atomic E-state index is 13.6. The molecule has 140 valence electrons. The molecule has 2 aromatic rings. The second kappa shape index (κ2) is 6.79. The minimum atomic E-state index is -0.354. The van der Waals surface area contributed by atoms with Crippen molar-refractivity contribution in [2.45, 2.75) is 46.1 Å². The molecule has 1 unspecified atom stereocenters. The number of aromatic nitrogens is 3. The lowest BCUT2D eigenvalue weighted by Crippen LogP contribution is -2.54. The van der Waals surface area contributed by atoms with E-state index in [4.69, 9.17) is 5.73 Å². The van der Waals surface area contributed by atoms with Crippen molar-refractivity contribution in [2.24, 2.45) is 11.1 Å². The van der Waals surface area contributed by atoms with Crippen LogP contribution in [0.5, 0.6) is 0 Å². The first-order valence-electron chi connectivity index (χ1n) is 8.97. The van der Waals surface area contributed by atoms with E-state index >= 15 is 0 Å². The topological polar surface area (TPSA) is 77.0 Å². The molecule has 1 atom stereocenters. The number of halogens is 1. The van der Waals surface area contributed by atoms with Crippen molar-refractivity contribution in [1.29, 1.82) is 0 Å². The third kappa shape index (κ3) is 3.49. The molecule has 3 rings (SSSR count). The Morgan fingerprint density at radius 3 is 2.73 bits per heavy atom. The molecule has 1 amide bonds. The first-order valence-corrected chi connectivity index (χ1v) is 8.97. The number of rotatable bonds is 3. The van der Waals surface area contributed by atoms with Gasteiger partial charge in [-0.1, -0.05) is 33.8 Å². The number of benzene rings is 1. The Morgan fingerprint density at radius 1 is 1.38 bits per heavy atom. The summed E-state index contributed by atoms with van der Waals surface area (Å²) < 4.78 is 15.2. The van der Waals surface area contributed by atoms with Gasteiger partial charge in [-0.3, -0.25) is 4.79 Å². The number of nitrogens with zero attached hydrogens (tertiary/aromatic N) is 4. The van der Waals surface area contributed by atoms with Gasteiger partial charge in [-0.15, -0.1) is 5.10 Å². The van der Waals surface area contributed by atoms with Crippen LogP contribution in [-0.2, 0) is 0 Å². The molecule has 1 aliphatic heterocycles. The molecule has 0 aliphatic carbocycles. The van der Waals surface area contributed by atoms with E-state index in [1.165, 1.54) is 12.1 Å². The van der Waals surface area contributed by atoms with E-state index < -0.39 is 0 Å². The first kappa shape index (κ1) is 18.5. The van der Waals surface area contributed by atoms with E-state index in [1.807, 2.05) is 13.8 Å². The van der Waals surface area contributed by atoms with Crippen LogP contribution in [-0.4, -0.2) is 44.7 Å². The molecule has 0 bridgehead atoms. The highest BCUT2D eigenvalue weighted by atomic mass is 19.1. The lowest BCUT2D eigenvalue weighted by Gasteiger charge is -2.42. The van der Waals surface area contributed by atoms with Gasteiger partial charge in [-0.2, -0.15) is 0 Å². The summed E-state index contributed by atoms with van der Waals surface area (Å²) >= 11 is 0. The van der Waals surface area contributed by atoms with E-state index in [1.54, 1.807) is 21.7 Å². The third-order valence-corrected chi connectivity index (χ3v) is 4.99. The summed E-state index contributed by atoms with van der Waals surface area (Å²) in [5.74, 6) is 0.254. The lowest BCUT2D eigenvalue weighted by molar-refractivity contribution is 0.0521. The number of hydrogen-bond donors (Lipinski definition) is 1. The van der Waals surface area contributed by atoms with Crippen LogP contribution in [0, 0.1) is 11.2 Å². The minimum Gasteiger partial charge on any atom is -0.335 e. The molecule has 26 heavy (non-hydrogen) atoms. The Bertz CT molecular complexity index is 814. The highest BCUT2D eigenvalue weighted by Gasteiger charge is 2.37. The summed E-state index contributed by atoms with van der Waals surface area (Å²) in [6.07, 6.45) is 0.750. The largest absolute Gasteiger partial charge is 0.335 e. The normalized spacial score (nSPS) is 19.8. The molecule has 1 saturated heterocycles.